The van der Waals surface area contributed by atoms with Gasteiger partial charge in [0.1, 0.15) is 11.0 Å². The summed E-state index contributed by atoms with van der Waals surface area (Å²) in [6.07, 6.45) is 6.02. The van der Waals surface area contributed by atoms with E-state index in [1.165, 1.54) is 24.6 Å². The Balaban J connectivity index is 1.36. The minimum Gasteiger partial charge on any atom is -0.378 e. The van der Waals surface area contributed by atoms with E-state index in [0.29, 0.717) is 19.2 Å². The van der Waals surface area contributed by atoms with Crippen molar-refractivity contribution in [1.29, 1.82) is 0 Å². The van der Waals surface area contributed by atoms with E-state index in [4.69, 9.17) is 4.74 Å². The van der Waals surface area contributed by atoms with Crippen molar-refractivity contribution in [3.63, 3.8) is 0 Å². The maximum Gasteiger partial charge on any atom is 0.317 e. The van der Waals surface area contributed by atoms with Crippen LogP contribution in [0.5, 0.6) is 0 Å². The van der Waals surface area contributed by atoms with Crippen molar-refractivity contribution in [2.45, 2.75) is 44.8 Å². The molecule has 0 saturated carbocycles. The highest BCUT2D eigenvalue weighted by atomic mass is 32.1. The smallest absolute Gasteiger partial charge is 0.317 e. The molecular weight excluding hydrogens is 324 g/mol. The summed E-state index contributed by atoms with van der Waals surface area (Å²) in [5.41, 5.74) is 2.86. The van der Waals surface area contributed by atoms with Gasteiger partial charge in [0.25, 0.3) is 0 Å². The first-order valence-electron chi connectivity index (χ1n) is 8.54. The molecule has 0 radical (unpaired) electrons. The summed E-state index contributed by atoms with van der Waals surface area (Å²) in [6, 6.07) is 5.90. The molecular formula is C17H24N4O2S. The second kappa shape index (κ2) is 8.39. The number of hydrogen-bond donors (Lipinski definition) is 1. The van der Waals surface area contributed by atoms with Crippen molar-refractivity contribution in [3.05, 3.63) is 23.8 Å². The lowest BCUT2D eigenvalue weighted by Gasteiger charge is -2.18. The van der Waals surface area contributed by atoms with E-state index < -0.39 is 0 Å². The highest BCUT2D eigenvalue weighted by Crippen LogP contribution is 2.17. The fourth-order valence-corrected chi connectivity index (χ4v) is 3.49. The summed E-state index contributed by atoms with van der Waals surface area (Å²) in [6.45, 7) is 2.19. The van der Waals surface area contributed by atoms with Crippen LogP contribution in [-0.2, 0) is 11.3 Å². The Bertz CT molecular complexity index is 669. The quantitative estimate of drug-likeness (QED) is 0.781. The Hall–Kier alpha value is -1.73. The van der Waals surface area contributed by atoms with E-state index in [9.17, 15) is 4.79 Å². The summed E-state index contributed by atoms with van der Waals surface area (Å²) < 4.78 is 14.0. The molecule has 0 spiro atoms. The predicted molar refractivity (Wildman–Crippen MR) is 95.1 cm³/mol. The maximum absolute atomic E-state index is 12.1. The monoisotopic (exact) mass is 348 g/mol. The lowest BCUT2D eigenvalue weighted by molar-refractivity contribution is 0.102. The summed E-state index contributed by atoms with van der Waals surface area (Å²) in [4.78, 5) is 13.8. The van der Waals surface area contributed by atoms with Gasteiger partial charge in [0.2, 0.25) is 0 Å². The van der Waals surface area contributed by atoms with Crippen LogP contribution in [0.25, 0.3) is 11.0 Å². The number of ether oxygens (including phenoxy) is 1. The first-order valence-corrected chi connectivity index (χ1v) is 9.27. The van der Waals surface area contributed by atoms with Crippen LogP contribution in [0.2, 0.25) is 0 Å². The molecule has 0 bridgehead atoms. The third-order valence-electron chi connectivity index (χ3n) is 4.34. The molecule has 24 heavy (non-hydrogen) atoms. The first kappa shape index (κ1) is 17.1. The topological polar surface area (TPSA) is 67.4 Å². The molecule has 1 fully saturated rings. The van der Waals surface area contributed by atoms with E-state index in [0.717, 1.165) is 42.5 Å². The Labute approximate surface area is 146 Å². The van der Waals surface area contributed by atoms with E-state index in [1.807, 2.05) is 25.2 Å². The van der Waals surface area contributed by atoms with Gasteiger partial charge in [0.15, 0.2) is 0 Å². The largest absolute Gasteiger partial charge is 0.378 e. The van der Waals surface area contributed by atoms with Gasteiger partial charge in [-0.05, 0) is 49.8 Å². The molecule has 130 valence electrons. The van der Waals surface area contributed by atoms with Gasteiger partial charge in [0, 0.05) is 26.7 Å². The van der Waals surface area contributed by atoms with Crippen molar-refractivity contribution in [3.8, 4) is 0 Å². The van der Waals surface area contributed by atoms with Gasteiger partial charge in [-0.15, -0.1) is 0 Å². The molecule has 2 aromatic rings. The number of nitrogens with zero attached hydrogens (tertiary/aromatic N) is 3. The van der Waals surface area contributed by atoms with Crippen LogP contribution >= 0.6 is 11.7 Å². The molecule has 1 atom stereocenters. The van der Waals surface area contributed by atoms with Gasteiger partial charge >= 0.3 is 6.03 Å². The van der Waals surface area contributed by atoms with Crippen molar-refractivity contribution >= 4 is 28.8 Å². The molecule has 0 aliphatic carbocycles. The second-order valence-corrected chi connectivity index (χ2v) is 6.83. The average molecular weight is 348 g/mol. The van der Waals surface area contributed by atoms with Crippen molar-refractivity contribution in [1.82, 2.24) is 19.0 Å². The fourth-order valence-electron chi connectivity index (χ4n) is 2.97. The number of hydrogen-bond acceptors (Lipinski definition) is 5. The van der Waals surface area contributed by atoms with Gasteiger partial charge in [-0.2, -0.15) is 8.75 Å². The molecule has 2 amide bonds. The van der Waals surface area contributed by atoms with Crippen molar-refractivity contribution in [2.24, 2.45) is 0 Å². The second-order valence-electron chi connectivity index (χ2n) is 6.31. The van der Waals surface area contributed by atoms with Gasteiger partial charge in [0.05, 0.1) is 17.8 Å². The van der Waals surface area contributed by atoms with Crippen molar-refractivity contribution in [2.75, 3.05) is 20.2 Å². The Kier molecular flexibility index (Phi) is 5.98. The summed E-state index contributed by atoms with van der Waals surface area (Å²) in [5.74, 6) is 0. The number of aromatic nitrogens is 2. The van der Waals surface area contributed by atoms with Crippen LogP contribution in [0.3, 0.4) is 0 Å². The van der Waals surface area contributed by atoms with E-state index in [1.54, 1.807) is 4.90 Å². The summed E-state index contributed by atoms with van der Waals surface area (Å²) in [7, 11) is 1.81. The van der Waals surface area contributed by atoms with Crippen LogP contribution in [0.1, 0.15) is 37.7 Å². The lowest BCUT2D eigenvalue weighted by atomic mass is 10.1. The number of amides is 2. The third-order valence-corrected chi connectivity index (χ3v) is 4.89. The SMILES string of the molecule is CN(Cc1ccc2nsnc2c1)C(=O)NCCCCC1CCCO1. The van der Waals surface area contributed by atoms with Crippen LogP contribution in [0.15, 0.2) is 18.2 Å². The zero-order chi connectivity index (χ0) is 16.8. The number of benzene rings is 1. The van der Waals surface area contributed by atoms with E-state index in [2.05, 4.69) is 14.1 Å². The third kappa shape index (κ3) is 4.64. The van der Waals surface area contributed by atoms with Crippen molar-refractivity contribution < 1.29 is 9.53 Å². The molecule has 1 aliphatic heterocycles. The highest BCUT2D eigenvalue weighted by Gasteiger charge is 2.14. The number of urea groups is 1. The Morgan fingerprint density at radius 1 is 1.38 bits per heavy atom. The molecule has 3 rings (SSSR count). The first-order chi connectivity index (χ1) is 11.7. The van der Waals surface area contributed by atoms with Gasteiger partial charge < -0.3 is 15.0 Å². The molecule has 1 saturated heterocycles. The van der Waals surface area contributed by atoms with Crippen LogP contribution in [-0.4, -0.2) is 46.0 Å². The zero-order valence-electron chi connectivity index (χ0n) is 14.0. The molecule has 1 N–H and O–H groups in total. The van der Waals surface area contributed by atoms with E-state index in [-0.39, 0.29) is 6.03 Å². The number of carbonyl (C=O) groups excluding carboxylic acids is 1. The van der Waals surface area contributed by atoms with Gasteiger partial charge in [-0.25, -0.2) is 4.79 Å². The number of unbranched alkanes of at least 4 members (excludes halogenated alkanes) is 1. The van der Waals surface area contributed by atoms with Crippen LogP contribution < -0.4 is 5.32 Å². The summed E-state index contributed by atoms with van der Waals surface area (Å²) >= 11 is 1.21. The standard InChI is InChI=1S/C17H24N4O2S/c1-21(12-13-7-8-15-16(11-13)20-24-19-15)17(22)18-9-3-2-5-14-6-4-10-23-14/h7-8,11,14H,2-6,9-10,12H2,1H3,(H,18,22). The molecule has 1 unspecified atom stereocenters. The predicted octanol–water partition coefficient (Wildman–Crippen LogP) is 3.18. The van der Waals surface area contributed by atoms with Gasteiger partial charge in [-0.1, -0.05) is 6.07 Å². The van der Waals surface area contributed by atoms with Crippen LogP contribution in [0, 0.1) is 0 Å². The van der Waals surface area contributed by atoms with E-state index >= 15 is 0 Å². The molecule has 1 aromatic heterocycles. The molecule has 1 aromatic carbocycles. The number of fused-ring (bicyclic) bond motifs is 1. The number of rotatable bonds is 7. The molecule has 7 heteroatoms. The minimum absolute atomic E-state index is 0.0383. The maximum atomic E-state index is 12.1. The normalized spacial score (nSPS) is 17.3. The Morgan fingerprint density at radius 3 is 3.08 bits per heavy atom. The number of carbonyl (C=O) groups is 1. The lowest BCUT2D eigenvalue weighted by Crippen LogP contribution is -2.37. The fraction of sp³-hybridized carbons (Fsp3) is 0.588. The molecule has 6 nitrogen and oxygen atoms in total. The zero-order valence-corrected chi connectivity index (χ0v) is 14.8. The highest BCUT2D eigenvalue weighted by molar-refractivity contribution is 7.00. The number of nitrogens with one attached hydrogen (secondary N) is 1. The summed E-state index contributed by atoms with van der Waals surface area (Å²) in [5, 5.41) is 2.98. The molecule has 1 aliphatic rings. The average Bonchev–Trinajstić information content (AvgIpc) is 3.25. The molecule has 2 heterocycles. The minimum atomic E-state index is -0.0383. The van der Waals surface area contributed by atoms with Crippen LogP contribution in [0.4, 0.5) is 4.79 Å². The Morgan fingerprint density at radius 2 is 2.25 bits per heavy atom. The van der Waals surface area contributed by atoms with Gasteiger partial charge in [-0.3, -0.25) is 0 Å².